The van der Waals surface area contributed by atoms with E-state index in [-0.39, 0.29) is 24.0 Å². The molecule has 0 aliphatic heterocycles. The predicted molar refractivity (Wildman–Crippen MR) is 94.1 cm³/mol. The smallest absolute Gasteiger partial charge is 0.226 e. The number of nitrogens with zero attached hydrogens (tertiary/aromatic N) is 3. The van der Waals surface area contributed by atoms with Gasteiger partial charge < -0.3 is 15.2 Å². The average Bonchev–Trinajstić information content (AvgIpc) is 3.06. The van der Waals surface area contributed by atoms with E-state index in [1.54, 1.807) is 0 Å². The van der Waals surface area contributed by atoms with Gasteiger partial charge in [-0.15, -0.1) is 24.0 Å². The van der Waals surface area contributed by atoms with Crippen molar-refractivity contribution in [1.82, 2.24) is 20.8 Å². The topological polar surface area (TPSA) is 75.3 Å². The van der Waals surface area contributed by atoms with Gasteiger partial charge in [0.1, 0.15) is 0 Å². The second-order valence-electron chi connectivity index (χ2n) is 5.23. The van der Waals surface area contributed by atoms with Crippen molar-refractivity contribution in [2.24, 2.45) is 4.99 Å². The lowest BCUT2D eigenvalue weighted by atomic mass is 10.2. The average molecular weight is 407 g/mol. The Balaban J connectivity index is 0.00000220. The van der Waals surface area contributed by atoms with Crippen molar-refractivity contribution in [3.8, 4) is 0 Å². The van der Waals surface area contributed by atoms with Gasteiger partial charge >= 0.3 is 0 Å². The van der Waals surface area contributed by atoms with Crippen LogP contribution in [0, 0.1) is 6.92 Å². The Bertz CT molecular complexity index is 429. The third-order valence-corrected chi connectivity index (χ3v) is 3.43. The Morgan fingerprint density at radius 2 is 2.14 bits per heavy atom. The maximum atomic E-state index is 5.09. The van der Waals surface area contributed by atoms with Crippen molar-refractivity contribution in [3.63, 3.8) is 0 Å². The lowest BCUT2D eigenvalue weighted by Crippen LogP contribution is -2.42. The van der Waals surface area contributed by atoms with Gasteiger partial charge in [-0.1, -0.05) is 18.0 Å². The lowest BCUT2D eigenvalue weighted by molar-refractivity contribution is 0.372. The van der Waals surface area contributed by atoms with Gasteiger partial charge in [0.05, 0.1) is 0 Å². The summed E-state index contributed by atoms with van der Waals surface area (Å²) in [6, 6.07) is 0.589. The second-order valence-corrected chi connectivity index (χ2v) is 5.23. The summed E-state index contributed by atoms with van der Waals surface area (Å²) in [5, 5.41) is 10.6. The Labute approximate surface area is 143 Å². The molecule has 7 heteroatoms. The maximum absolute atomic E-state index is 5.09. The number of hydrogen-bond acceptors (Lipinski definition) is 4. The molecular formula is C14H26IN5O. The molecular weight excluding hydrogens is 381 g/mol. The van der Waals surface area contributed by atoms with Crippen LogP contribution in [0.5, 0.6) is 0 Å². The van der Waals surface area contributed by atoms with Crippen molar-refractivity contribution in [1.29, 1.82) is 0 Å². The SMILES string of the molecule is CCNC(=NCCCc1nc(C)no1)NC1CCCC1.I. The molecule has 1 aliphatic carbocycles. The first-order valence-corrected chi connectivity index (χ1v) is 7.62. The first-order valence-electron chi connectivity index (χ1n) is 7.62. The summed E-state index contributed by atoms with van der Waals surface area (Å²) in [5.41, 5.74) is 0. The molecule has 0 atom stereocenters. The first-order chi connectivity index (χ1) is 9.78. The highest BCUT2D eigenvalue weighted by Gasteiger charge is 2.15. The Morgan fingerprint density at radius 3 is 2.76 bits per heavy atom. The zero-order valence-electron chi connectivity index (χ0n) is 12.9. The molecule has 0 radical (unpaired) electrons. The summed E-state index contributed by atoms with van der Waals surface area (Å²) in [4.78, 5) is 8.79. The number of hydrogen-bond donors (Lipinski definition) is 2. The van der Waals surface area contributed by atoms with Crippen LogP contribution in [0.2, 0.25) is 0 Å². The molecule has 0 aromatic carbocycles. The van der Waals surface area contributed by atoms with Crippen LogP contribution in [0.25, 0.3) is 0 Å². The van der Waals surface area contributed by atoms with Crippen molar-refractivity contribution in [2.75, 3.05) is 13.1 Å². The summed E-state index contributed by atoms with van der Waals surface area (Å²) in [6.45, 7) is 5.58. The van der Waals surface area contributed by atoms with Crippen molar-refractivity contribution in [2.45, 2.75) is 58.4 Å². The molecule has 0 bridgehead atoms. The van der Waals surface area contributed by atoms with E-state index in [0.717, 1.165) is 31.9 Å². The molecule has 21 heavy (non-hydrogen) atoms. The van der Waals surface area contributed by atoms with Crippen LogP contribution in [-0.4, -0.2) is 35.2 Å². The molecule has 6 nitrogen and oxygen atoms in total. The molecule has 1 heterocycles. The van der Waals surface area contributed by atoms with Gasteiger partial charge in [-0.25, -0.2) is 0 Å². The van der Waals surface area contributed by atoms with Gasteiger partial charge in [0.25, 0.3) is 0 Å². The maximum Gasteiger partial charge on any atom is 0.226 e. The monoisotopic (exact) mass is 407 g/mol. The van der Waals surface area contributed by atoms with E-state index < -0.39 is 0 Å². The van der Waals surface area contributed by atoms with E-state index in [0.29, 0.717) is 17.8 Å². The van der Waals surface area contributed by atoms with Crippen LogP contribution in [0.1, 0.15) is 50.7 Å². The van der Waals surface area contributed by atoms with Gasteiger partial charge in [0.2, 0.25) is 5.89 Å². The van der Waals surface area contributed by atoms with Crippen LogP contribution in [0.3, 0.4) is 0 Å². The highest BCUT2D eigenvalue weighted by atomic mass is 127. The molecule has 0 saturated heterocycles. The Morgan fingerprint density at radius 1 is 1.38 bits per heavy atom. The molecule has 2 rings (SSSR count). The molecule has 2 N–H and O–H groups in total. The molecule has 1 aromatic heterocycles. The van der Waals surface area contributed by atoms with Crippen LogP contribution in [0.15, 0.2) is 9.52 Å². The molecule has 0 amide bonds. The van der Waals surface area contributed by atoms with E-state index in [2.05, 4.69) is 32.7 Å². The summed E-state index contributed by atoms with van der Waals surface area (Å²) in [6.07, 6.45) is 6.87. The van der Waals surface area contributed by atoms with Gasteiger partial charge in [0.15, 0.2) is 11.8 Å². The predicted octanol–water partition coefficient (Wildman–Crippen LogP) is 2.43. The number of aliphatic imine (C=N–C) groups is 1. The van der Waals surface area contributed by atoms with Crippen molar-refractivity contribution in [3.05, 3.63) is 11.7 Å². The molecule has 1 saturated carbocycles. The number of guanidine groups is 1. The normalized spacial score (nSPS) is 15.8. The third-order valence-electron chi connectivity index (χ3n) is 3.43. The molecule has 1 aliphatic rings. The fraction of sp³-hybridized carbons (Fsp3) is 0.786. The lowest BCUT2D eigenvalue weighted by Gasteiger charge is -2.16. The van der Waals surface area contributed by atoms with Crippen molar-refractivity contribution >= 4 is 29.9 Å². The van der Waals surface area contributed by atoms with Crippen LogP contribution in [-0.2, 0) is 6.42 Å². The minimum atomic E-state index is 0. The van der Waals surface area contributed by atoms with E-state index in [1.165, 1.54) is 25.7 Å². The highest BCUT2D eigenvalue weighted by Crippen LogP contribution is 2.17. The molecule has 1 aromatic rings. The van der Waals surface area contributed by atoms with Crippen LogP contribution >= 0.6 is 24.0 Å². The summed E-state index contributed by atoms with van der Waals surface area (Å²) in [5.74, 6) is 2.33. The largest absolute Gasteiger partial charge is 0.357 e. The standard InChI is InChI=1S/C14H25N5O.HI/c1-3-15-14(18-12-7-4-5-8-12)16-10-6-9-13-17-11(2)19-20-13;/h12H,3-10H2,1-2H3,(H2,15,16,18);1H. The molecule has 1 fully saturated rings. The van der Waals surface area contributed by atoms with Crippen molar-refractivity contribution < 1.29 is 4.52 Å². The number of aromatic nitrogens is 2. The minimum Gasteiger partial charge on any atom is -0.357 e. The van der Waals surface area contributed by atoms with Crippen LogP contribution in [0.4, 0.5) is 0 Å². The summed E-state index contributed by atoms with van der Waals surface area (Å²) in [7, 11) is 0. The van der Waals surface area contributed by atoms with Gasteiger partial charge in [-0.2, -0.15) is 4.98 Å². The summed E-state index contributed by atoms with van der Waals surface area (Å²) < 4.78 is 5.09. The molecule has 120 valence electrons. The zero-order valence-corrected chi connectivity index (χ0v) is 15.2. The minimum absolute atomic E-state index is 0. The van der Waals surface area contributed by atoms with Gasteiger partial charge in [-0.3, -0.25) is 4.99 Å². The van der Waals surface area contributed by atoms with Gasteiger partial charge in [0, 0.05) is 25.6 Å². The fourth-order valence-corrected chi connectivity index (χ4v) is 2.45. The Kier molecular flexibility index (Phi) is 8.63. The van der Waals surface area contributed by atoms with E-state index in [4.69, 9.17) is 4.52 Å². The number of aryl methyl sites for hydroxylation is 2. The summed E-state index contributed by atoms with van der Waals surface area (Å²) >= 11 is 0. The van der Waals surface area contributed by atoms with E-state index in [1.807, 2.05) is 6.92 Å². The second kappa shape index (κ2) is 9.97. The van der Waals surface area contributed by atoms with E-state index >= 15 is 0 Å². The van der Waals surface area contributed by atoms with Gasteiger partial charge in [-0.05, 0) is 33.1 Å². The number of halogens is 1. The quantitative estimate of drug-likeness (QED) is 0.328. The highest BCUT2D eigenvalue weighted by molar-refractivity contribution is 14.0. The Hall–Kier alpha value is -0.860. The number of nitrogens with one attached hydrogen (secondary N) is 2. The zero-order chi connectivity index (χ0) is 14.2. The van der Waals surface area contributed by atoms with Crippen LogP contribution < -0.4 is 10.6 Å². The number of rotatable bonds is 6. The first kappa shape index (κ1) is 18.2. The van der Waals surface area contributed by atoms with E-state index in [9.17, 15) is 0 Å². The molecule has 0 spiro atoms. The molecule has 0 unspecified atom stereocenters. The third kappa shape index (κ3) is 6.62. The fourth-order valence-electron chi connectivity index (χ4n) is 2.45.